The van der Waals surface area contributed by atoms with Crippen LogP contribution in [0.2, 0.25) is 0 Å². The van der Waals surface area contributed by atoms with Gasteiger partial charge in [-0.3, -0.25) is 0 Å². The summed E-state index contributed by atoms with van der Waals surface area (Å²) in [7, 11) is 3.83. The summed E-state index contributed by atoms with van der Waals surface area (Å²) >= 11 is 0. The van der Waals surface area contributed by atoms with Crippen LogP contribution < -0.4 is 10.1 Å². The molecule has 4 heteroatoms. The molecular weight excluding hydrogens is 226 g/mol. The second-order valence-corrected chi connectivity index (χ2v) is 4.43. The molecule has 96 valence electrons. The summed E-state index contributed by atoms with van der Waals surface area (Å²) in [5, 5.41) is 7.46. The van der Waals surface area contributed by atoms with E-state index in [-0.39, 0.29) is 0 Å². The van der Waals surface area contributed by atoms with E-state index in [0.29, 0.717) is 6.04 Å². The number of nitrogens with zero attached hydrogens (tertiary/aromatic N) is 2. The van der Waals surface area contributed by atoms with Crippen LogP contribution >= 0.6 is 0 Å². The zero-order valence-electron chi connectivity index (χ0n) is 11.3. The van der Waals surface area contributed by atoms with Gasteiger partial charge in [0, 0.05) is 19.2 Å². The molecule has 1 aromatic carbocycles. The fraction of sp³-hybridized carbons (Fsp3) is 0.357. The lowest BCUT2D eigenvalue weighted by Crippen LogP contribution is -2.11. The first-order valence-electron chi connectivity index (χ1n) is 6.06. The molecule has 0 radical (unpaired) electrons. The van der Waals surface area contributed by atoms with Crippen LogP contribution in [0, 0.1) is 6.92 Å². The normalized spacial score (nSPS) is 12.4. The highest BCUT2D eigenvalue weighted by molar-refractivity contribution is 5.32. The van der Waals surface area contributed by atoms with Gasteiger partial charge in [0.25, 0.3) is 0 Å². The Morgan fingerprint density at radius 1 is 1.28 bits per heavy atom. The van der Waals surface area contributed by atoms with Crippen LogP contribution in [-0.4, -0.2) is 16.8 Å². The molecule has 1 unspecified atom stereocenters. The van der Waals surface area contributed by atoms with E-state index in [0.717, 1.165) is 17.3 Å². The lowest BCUT2D eigenvalue weighted by atomic mass is 10.1. The van der Waals surface area contributed by atoms with Crippen molar-refractivity contribution in [2.75, 3.05) is 7.05 Å². The van der Waals surface area contributed by atoms with Gasteiger partial charge in [-0.1, -0.05) is 12.1 Å². The quantitative estimate of drug-likeness (QED) is 0.900. The lowest BCUT2D eigenvalue weighted by Gasteiger charge is -2.11. The average molecular weight is 245 g/mol. The Balaban J connectivity index is 2.13. The number of aromatic nitrogens is 2. The van der Waals surface area contributed by atoms with E-state index < -0.39 is 0 Å². The molecule has 2 aromatic rings. The smallest absolute Gasteiger partial charge is 0.217 e. The molecule has 0 aliphatic heterocycles. The molecule has 2 rings (SSSR count). The Kier molecular flexibility index (Phi) is 3.67. The van der Waals surface area contributed by atoms with Crippen molar-refractivity contribution >= 4 is 0 Å². The monoisotopic (exact) mass is 245 g/mol. The molecule has 0 amide bonds. The molecule has 1 heterocycles. The topological polar surface area (TPSA) is 39.1 Å². The van der Waals surface area contributed by atoms with Crippen molar-refractivity contribution in [2.45, 2.75) is 19.9 Å². The summed E-state index contributed by atoms with van der Waals surface area (Å²) in [6.45, 7) is 4.07. The molecule has 0 bridgehead atoms. The fourth-order valence-corrected chi connectivity index (χ4v) is 1.79. The summed E-state index contributed by atoms with van der Waals surface area (Å²) in [6.07, 6.45) is 0. The van der Waals surface area contributed by atoms with Crippen molar-refractivity contribution in [3.63, 3.8) is 0 Å². The third-order valence-corrected chi connectivity index (χ3v) is 2.99. The fourth-order valence-electron chi connectivity index (χ4n) is 1.79. The third-order valence-electron chi connectivity index (χ3n) is 2.99. The molecule has 0 saturated carbocycles. The van der Waals surface area contributed by atoms with Crippen molar-refractivity contribution in [1.82, 2.24) is 15.1 Å². The SMILES string of the molecule is CNC(C)c1ccc(Oc2cc(C)nn2C)cc1. The number of ether oxygens (including phenoxy) is 1. The largest absolute Gasteiger partial charge is 0.439 e. The van der Waals surface area contributed by atoms with Crippen LogP contribution in [-0.2, 0) is 7.05 Å². The number of benzene rings is 1. The van der Waals surface area contributed by atoms with Crippen LogP contribution in [0.25, 0.3) is 0 Å². The van der Waals surface area contributed by atoms with E-state index in [1.807, 2.05) is 39.2 Å². The molecule has 0 saturated heterocycles. The van der Waals surface area contributed by atoms with Gasteiger partial charge in [0.1, 0.15) is 5.75 Å². The van der Waals surface area contributed by atoms with Crippen LogP contribution in [0.3, 0.4) is 0 Å². The first kappa shape index (κ1) is 12.6. The summed E-state index contributed by atoms with van der Waals surface area (Å²) in [6, 6.07) is 10.4. The molecule has 1 atom stereocenters. The van der Waals surface area contributed by atoms with Gasteiger partial charge in [0.2, 0.25) is 5.88 Å². The molecule has 4 nitrogen and oxygen atoms in total. The highest BCUT2D eigenvalue weighted by Crippen LogP contribution is 2.23. The Morgan fingerprint density at radius 3 is 2.44 bits per heavy atom. The first-order chi connectivity index (χ1) is 8.60. The van der Waals surface area contributed by atoms with Gasteiger partial charge in [-0.25, -0.2) is 4.68 Å². The minimum absolute atomic E-state index is 0.345. The van der Waals surface area contributed by atoms with Crippen LogP contribution in [0.5, 0.6) is 11.6 Å². The summed E-state index contributed by atoms with van der Waals surface area (Å²) in [5.41, 5.74) is 2.19. The standard InChI is InChI=1S/C14H19N3O/c1-10-9-14(17(4)16-10)18-13-7-5-12(6-8-13)11(2)15-3/h5-9,11,15H,1-4H3. The van der Waals surface area contributed by atoms with Crippen molar-refractivity contribution in [2.24, 2.45) is 7.05 Å². The predicted octanol–water partition coefficient (Wildman–Crippen LogP) is 2.80. The minimum atomic E-state index is 0.345. The van der Waals surface area contributed by atoms with Gasteiger partial charge < -0.3 is 10.1 Å². The Labute approximate surface area is 108 Å². The minimum Gasteiger partial charge on any atom is -0.439 e. The van der Waals surface area contributed by atoms with Crippen molar-refractivity contribution in [3.05, 3.63) is 41.6 Å². The lowest BCUT2D eigenvalue weighted by molar-refractivity contribution is 0.430. The van der Waals surface area contributed by atoms with Crippen LogP contribution in [0.15, 0.2) is 30.3 Å². The number of nitrogens with one attached hydrogen (secondary N) is 1. The average Bonchev–Trinajstić information content (AvgIpc) is 2.68. The second kappa shape index (κ2) is 5.23. The van der Waals surface area contributed by atoms with Gasteiger partial charge in [-0.05, 0) is 38.6 Å². The number of aryl methyl sites for hydroxylation is 2. The first-order valence-corrected chi connectivity index (χ1v) is 6.06. The Hall–Kier alpha value is -1.81. The molecule has 0 aliphatic carbocycles. The van der Waals surface area contributed by atoms with Gasteiger partial charge in [-0.15, -0.1) is 0 Å². The molecule has 0 aliphatic rings. The highest BCUT2D eigenvalue weighted by atomic mass is 16.5. The van der Waals surface area contributed by atoms with Crippen molar-refractivity contribution in [1.29, 1.82) is 0 Å². The third kappa shape index (κ3) is 2.71. The number of hydrogen-bond donors (Lipinski definition) is 1. The Bertz CT molecular complexity index is 516. The van der Waals surface area contributed by atoms with Gasteiger partial charge >= 0.3 is 0 Å². The molecule has 1 N–H and O–H groups in total. The molecule has 1 aromatic heterocycles. The zero-order chi connectivity index (χ0) is 13.1. The Morgan fingerprint density at radius 2 is 1.94 bits per heavy atom. The van der Waals surface area contributed by atoms with E-state index in [2.05, 4.69) is 29.5 Å². The van der Waals surface area contributed by atoms with Crippen LogP contribution in [0.4, 0.5) is 0 Å². The van der Waals surface area contributed by atoms with Crippen molar-refractivity contribution in [3.8, 4) is 11.6 Å². The highest BCUT2D eigenvalue weighted by Gasteiger charge is 2.06. The second-order valence-electron chi connectivity index (χ2n) is 4.43. The van der Waals surface area contributed by atoms with E-state index in [1.165, 1.54) is 5.56 Å². The van der Waals surface area contributed by atoms with E-state index in [1.54, 1.807) is 4.68 Å². The van der Waals surface area contributed by atoms with Crippen molar-refractivity contribution < 1.29 is 4.74 Å². The molecule has 0 spiro atoms. The maximum absolute atomic E-state index is 5.78. The number of rotatable bonds is 4. The van der Waals surface area contributed by atoms with E-state index >= 15 is 0 Å². The summed E-state index contributed by atoms with van der Waals surface area (Å²) in [5.74, 6) is 1.58. The maximum Gasteiger partial charge on any atom is 0.217 e. The summed E-state index contributed by atoms with van der Waals surface area (Å²) < 4.78 is 7.51. The number of hydrogen-bond acceptors (Lipinski definition) is 3. The molecule has 0 fully saturated rings. The van der Waals surface area contributed by atoms with Gasteiger partial charge in [0.05, 0.1) is 5.69 Å². The zero-order valence-corrected chi connectivity index (χ0v) is 11.3. The van der Waals surface area contributed by atoms with Gasteiger partial charge in [-0.2, -0.15) is 5.10 Å². The van der Waals surface area contributed by atoms with E-state index in [9.17, 15) is 0 Å². The maximum atomic E-state index is 5.78. The predicted molar refractivity (Wildman–Crippen MR) is 71.9 cm³/mol. The van der Waals surface area contributed by atoms with Gasteiger partial charge in [0.15, 0.2) is 0 Å². The van der Waals surface area contributed by atoms with Crippen LogP contribution in [0.1, 0.15) is 24.2 Å². The molecular formula is C14H19N3O. The molecule has 18 heavy (non-hydrogen) atoms. The van der Waals surface area contributed by atoms with E-state index in [4.69, 9.17) is 4.74 Å². The summed E-state index contributed by atoms with van der Waals surface area (Å²) in [4.78, 5) is 0.